The maximum absolute atomic E-state index is 12.1. The summed E-state index contributed by atoms with van der Waals surface area (Å²) in [6.45, 7) is 2.24. The van der Waals surface area contributed by atoms with E-state index < -0.39 is 0 Å². The Bertz CT molecular complexity index is 658. The van der Waals surface area contributed by atoms with E-state index in [4.69, 9.17) is 11.6 Å². The Morgan fingerprint density at radius 1 is 1.21 bits per heavy atom. The first kappa shape index (κ1) is 18.2. The lowest BCUT2D eigenvalue weighted by molar-refractivity contribution is 0.0947. The van der Waals surface area contributed by atoms with E-state index in [1.165, 1.54) is 0 Å². The number of amides is 1. The molecule has 2 N–H and O–H groups in total. The van der Waals surface area contributed by atoms with Gasteiger partial charge in [0.05, 0.1) is 0 Å². The molecule has 0 bridgehead atoms. The van der Waals surface area contributed by atoms with E-state index in [-0.39, 0.29) is 5.91 Å². The number of nitrogens with zero attached hydrogens (tertiary/aromatic N) is 2. The summed E-state index contributed by atoms with van der Waals surface area (Å²) in [4.78, 5) is 18.4. The summed E-state index contributed by atoms with van der Waals surface area (Å²) >= 11 is 5.88. The molecule has 24 heavy (non-hydrogen) atoms. The quantitative estimate of drug-likeness (QED) is 0.721. The molecule has 0 unspecified atom stereocenters. The number of rotatable bonds is 8. The van der Waals surface area contributed by atoms with Gasteiger partial charge in [0.2, 0.25) is 0 Å². The second-order valence-corrected chi connectivity index (χ2v) is 6.26. The van der Waals surface area contributed by atoms with Crippen LogP contribution in [0.4, 0.5) is 5.69 Å². The van der Waals surface area contributed by atoms with Crippen LogP contribution in [0.3, 0.4) is 0 Å². The standard InChI is InChI=1S/C18H23ClN4O/c1-23(2)11-3-9-21-18(24)17-12-16(8-10-20-17)22-13-14-4-6-15(19)7-5-14/h4-8,10,12H,3,9,11,13H2,1-2H3,(H,20,22)(H,21,24). The van der Waals surface area contributed by atoms with Crippen molar-refractivity contribution in [1.29, 1.82) is 0 Å². The number of aromatic nitrogens is 1. The number of carbonyl (C=O) groups is 1. The van der Waals surface area contributed by atoms with Crippen LogP contribution in [-0.4, -0.2) is 43.0 Å². The third-order valence-electron chi connectivity index (χ3n) is 3.47. The Morgan fingerprint density at radius 2 is 1.96 bits per heavy atom. The molecule has 1 amide bonds. The van der Waals surface area contributed by atoms with Crippen molar-refractivity contribution in [2.45, 2.75) is 13.0 Å². The van der Waals surface area contributed by atoms with Gasteiger partial charge in [0.1, 0.15) is 5.69 Å². The van der Waals surface area contributed by atoms with Crippen LogP contribution in [0.5, 0.6) is 0 Å². The molecule has 2 aromatic rings. The third kappa shape index (κ3) is 6.18. The minimum Gasteiger partial charge on any atom is -0.381 e. The van der Waals surface area contributed by atoms with Gasteiger partial charge in [-0.2, -0.15) is 0 Å². The zero-order valence-electron chi connectivity index (χ0n) is 14.1. The average molecular weight is 347 g/mol. The van der Waals surface area contributed by atoms with Crippen molar-refractivity contribution in [2.75, 3.05) is 32.5 Å². The maximum atomic E-state index is 12.1. The van der Waals surface area contributed by atoms with Crippen LogP contribution in [0.15, 0.2) is 42.6 Å². The summed E-state index contributed by atoms with van der Waals surface area (Å²) in [6.07, 6.45) is 2.55. The maximum Gasteiger partial charge on any atom is 0.269 e. The first-order chi connectivity index (χ1) is 11.5. The number of halogens is 1. The number of carbonyl (C=O) groups excluding carboxylic acids is 1. The first-order valence-electron chi connectivity index (χ1n) is 7.92. The van der Waals surface area contributed by atoms with Crippen LogP contribution in [-0.2, 0) is 6.54 Å². The molecule has 0 aliphatic heterocycles. The molecule has 1 aromatic heterocycles. The van der Waals surface area contributed by atoms with Crippen molar-refractivity contribution < 1.29 is 4.79 Å². The second kappa shape index (κ2) is 9.25. The second-order valence-electron chi connectivity index (χ2n) is 5.82. The molecule has 0 radical (unpaired) electrons. The molecule has 2 rings (SSSR count). The average Bonchev–Trinajstić information content (AvgIpc) is 2.58. The monoisotopic (exact) mass is 346 g/mol. The third-order valence-corrected chi connectivity index (χ3v) is 3.72. The van der Waals surface area contributed by atoms with Crippen molar-refractivity contribution in [2.24, 2.45) is 0 Å². The minimum absolute atomic E-state index is 0.149. The Morgan fingerprint density at radius 3 is 2.67 bits per heavy atom. The molecule has 1 heterocycles. The lowest BCUT2D eigenvalue weighted by Gasteiger charge is -2.10. The van der Waals surface area contributed by atoms with Crippen LogP contribution in [0.2, 0.25) is 5.02 Å². The molecule has 0 fully saturated rings. The number of pyridine rings is 1. The van der Waals surface area contributed by atoms with Crippen LogP contribution >= 0.6 is 11.6 Å². The summed E-state index contributed by atoms with van der Waals surface area (Å²) in [5.74, 6) is -0.149. The molecule has 0 spiro atoms. The molecule has 0 aliphatic carbocycles. The van der Waals surface area contributed by atoms with E-state index >= 15 is 0 Å². The molecular weight excluding hydrogens is 324 g/mol. The lowest BCUT2D eigenvalue weighted by atomic mass is 10.2. The predicted octanol–water partition coefficient (Wildman–Crippen LogP) is 3.03. The van der Waals surface area contributed by atoms with Gasteiger partial charge in [-0.05, 0) is 56.9 Å². The molecule has 5 nitrogen and oxygen atoms in total. The van der Waals surface area contributed by atoms with Gasteiger partial charge in [-0.3, -0.25) is 9.78 Å². The van der Waals surface area contributed by atoms with Crippen LogP contribution < -0.4 is 10.6 Å². The van der Waals surface area contributed by atoms with Crippen molar-refractivity contribution >= 4 is 23.2 Å². The lowest BCUT2D eigenvalue weighted by Crippen LogP contribution is -2.27. The van der Waals surface area contributed by atoms with Gasteiger partial charge in [-0.25, -0.2) is 0 Å². The first-order valence-corrected chi connectivity index (χ1v) is 8.29. The number of hydrogen-bond donors (Lipinski definition) is 2. The summed E-state index contributed by atoms with van der Waals surface area (Å²) in [5, 5.41) is 6.90. The number of nitrogens with one attached hydrogen (secondary N) is 2. The largest absolute Gasteiger partial charge is 0.381 e. The highest BCUT2D eigenvalue weighted by molar-refractivity contribution is 6.30. The Balaban J connectivity index is 1.86. The van der Waals surface area contributed by atoms with Gasteiger partial charge in [0.15, 0.2) is 0 Å². The van der Waals surface area contributed by atoms with E-state index in [0.29, 0.717) is 18.8 Å². The highest BCUT2D eigenvalue weighted by atomic mass is 35.5. The smallest absolute Gasteiger partial charge is 0.269 e. The molecule has 0 saturated carbocycles. The molecule has 6 heteroatoms. The fraction of sp³-hybridized carbons (Fsp3) is 0.333. The zero-order valence-corrected chi connectivity index (χ0v) is 14.8. The van der Waals surface area contributed by atoms with Gasteiger partial charge in [-0.1, -0.05) is 23.7 Å². The minimum atomic E-state index is -0.149. The van der Waals surface area contributed by atoms with Crippen molar-refractivity contribution in [1.82, 2.24) is 15.2 Å². The van der Waals surface area contributed by atoms with Gasteiger partial charge in [-0.15, -0.1) is 0 Å². The highest BCUT2D eigenvalue weighted by Crippen LogP contribution is 2.13. The van der Waals surface area contributed by atoms with Crippen LogP contribution in [0.25, 0.3) is 0 Å². The summed E-state index contributed by atoms with van der Waals surface area (Å²) in [5.41, 5.74) is 2.39. The van der Waals surface area contributed by atoms with E-state index in [1.54, 1.807) is 12.3 Å². The highest BCUT2D eigenvalue weighted by Gasteiger charge is 2.07. The fourth-order valence-electron chi connectivity index (χ4n) is 2.16. The molecular formula is C18H23ClN4O. The fourth-order valence-corrected chi connectivity index (χ4v) is 2.28. The summed E-state index contributed by atoms with van der Waals surface area (Å²) in [6, 6.07) is 11.3. The Hall–Kier alpha value is -2.11. The number of benzene rings is 1. The molecule has 128 valence electrons. The molecule has 1 aromatic carbocycles. The summed E-state index contributed by atoms with van der Waals surface area (Å²) in [7, 11) is 4.03. The van der Waals surface area contributed by atoms with Crippen molar-refractivity contribution in [3.05, 3.63) is 58.9 Å². The molecule has 0 aliphatic rings. The van der Waals surface area contributed by atoms with E-state index in [1.807, 2.05) is 44.4 Å². The van der Waals surface area contributed by atoms with Crippen molar-refractivity contribution in [3.8, 4) is 0 Å². The van der Waals surface area contributed by atoms with E-state index in [2.05, 4.69) is 20.5 Å². The SMILES string of the molecule is CN(C)CCCNC(=O)c1cc(NCc2ccc(Cl)cc2)ccn1. The van der Waals surface area contributed by atoms with Gasteiger partial charge in [0, 0.05) is 30.0 Å². The van der Waals surface area contributed by atoms with Crippen molar-refractivity contribution in [3.63, 3.8) is 0 Å². The number of anilines is 1. The zero-order chi connectivity index (χ0) is 17.4. The van der Waals surface area contributed by atoms with Crippen LogP contribution in [0.1, 0.15) is 22.5 Å². The Labute approximate surface area is 148 Å². The van der Waals surface area contributed by atoms with E-state index in [9.17, 15) is 4.79 Å². The Kier molecular flexibility index (Phi) is 7.03. The summed E-state index contributed by atoms with van der Waals surface area (Å²) < 4.78 is 0. The van der Waals surface area contributed by atoms with E-state index in [0.717, 1.165) is 29.2 Å². The molecule has 0 saturated heterocycles. The van der Waals surface area contributed by atoms with Gasteiger partial charge in [0.25, 0.3) is 5.91 Å². The topological polar surface area (TPSA) is 57.3 Å². The molecule has 0 atom stereocenters. The normalized spacial score (nSPS) is 10.7. The van der Waals surface area contributed by atoms with Crippen LogP contribution in [0, 0.1) is 0 Å². The van der Waals surface area contributed by atoms with Gasteiger partial charge >= 0.3 is 0 Å². The predicted molar refractivity (Wildman–Crippen MR) is 98.5 cm³/mol. The number of hydrogen-bond acceptors (Lipinski definition) is 4. The van der Waals surface area contributed by atoms with Gasteiger partial charge < -0.3 is 15.5 Å².